The average molecular weight is 312 g/mol. The predicted molar refractivity (Wildman–Crippen MR) is 99.0 cm³/mol. The number of ether oxygens (including phenoxy) is 1. The van der Waals surface area contributed by atoms with Crippen molar-refractivity contribution in [2.75, 3.05) is 13.3 Å². The maximum atomic E-state index is 5.28. The SMILES string of the molecule is CCCCCCCCC/C=C/C(C)CCCCCCOCN. The monoisotopic (exact) mass is 311 g/mol. The van der Waals surface area contributed by atoms with Crippen LogP contribution in [-0.4, -0.2) is 13.3 Å². The van der Waals surface area contributed by atoms with Gasteiger partial charge in [0.05, 0.1) is 6.73 Å². The molecule has 1 unspecified atom stereocenters. The number of nitrogens with two attached hydrogens (primary N) is 1. The first-order valence-electron chi connectivity index (χ1n) is 9.75. The van der Waals surface area contributed by atoms with Crippen molar-refractivity contribution < 1.29 is 4.74 Å². The lowest BCUT2D eigenvalue weighted by Crippen LogP contribution is -2.05. The van der Waals surface area contributed by atoms with E-state index >= 15 is 0 Å². The zero-order chi connectivity index (χ0) is 16.3. The van der Waals surface area contributed by atoms with Crippen molar-refractivity contribution in [2.24, 2.45) is 11.7 Å². The first-order valence-corrected chi connectivity index (χ1v) is 9.75. The minimum Gasteiger partial charge on any atom is -0.367 e. The van der Waals surface area contributed by atoms with Crippen LogP contribution in [-0.2, 0) is 4.74 Å². The Bertz CT molecular complexity index is 228. The van der Waals surface area contributed by atoms with E-state index in [0.717, 1.165) is 18.9 Å². The molecule has 2 N–H and O–H groups in total. The molecule has 0 aliphatic carbocycles. The summed E-state index contributed by atoms with van der Waals surface area (Å²) < 4.78 is 5.14. The molecule has 22 heavy (non-hydrogen) atoms. The van der Waals surface area contributed by atoms with Crippen LogP contribution in [0.15, 0.2) is 12.2 Å². The van der Waals surface area contributed by atoms with Gasteiger partial charge in [0, 0.05) is 6.61 Å². The normalized spacial score (nSPS) is 13.0. The third-order valence-corrected chi connectivity index (χ3v) is 4.25. The van der Waals surface area contributed by atoms with Crippen molar-refractivity contribution in [1.29, 1.82) is 0 Å². The molecule has 0 heterocycles. The number of rotatable bonds is 17. The molecule has 0 aromatic heterocycles. The fourth-order valence-corrected chi connectivity index (χ4v) is 2.75. The summed E-state index contributed by atoms with van der Waals surface area (Å²) in [4.78, 5) is 0. The highest BCUT2D eigenvalue weighted by molar-refractivity contribution is 4.86. The van der Waals surface area contributed by atoms with Gasteiger partial charge in [0.2, 0.25) is 0 Å². The van der Waals surface area contributed by atoms with Gasteiger partial charge < -0.3 is 10.5 Å². The van der Waals surface area contributed by atoms with Gasteiger partial charge in [0.25, 0.3) is 0 Å². The number of hydrogen-bond donors (Lipinski definition) is 1. The quantitative estimate of drug-likeness (QED) is 0.197. The Morgan fingerprint density at radius 1 is 0.864 bits per heavy atom. The summed E-state index contributed by atoms with van der Waals surface area (Å²) in [6, 6.07) is 0. The van der Waals surface area contributed by atoms with Crippen LogP contribution in [0.5, 0.6) is 0 Å². The minimum absolute atomic E-state index is 0.362. The summed E-state index contributed by atoms with van der Waals surface area (Å²) in [5.41, 5.74) is 5.28. The Labute approximate surface area is 139 Å². The molecule has 0 rings (SSSR count). The van der Waals surface area contributed by atoms with Gasteiger partial charge in [0.1, 0.15) is 0 Å². The molecular formula is C20H41NO. The molecule has 0 saturated heterocycles. The van der Waals surface area contributed by atoms with Gasteiger partial charge in [-0.05, 0) is 31.6 Å². The van der Waals surface area contributed by atoms with E-state index in [4.69, 9.17) is 10.5 Å². The molecule has 0 aliphatic rings. The van der Waals surface area contributed by atoms with Crippen molar-refractivity contribution in [2.45, 2.75) is 97.3 Å². The smallest absolute Gasteiger partial charge is 0.0940 e. The highest BCUT2D eigenvalue weighted by Gasteiger charge is 1.97. The van der Waals surface area contributed by atoms with E-state index in [1.165, 1.54) is 77.0 Å². The second kappa shape index (κ2) is 18.7. The summed E-state index contributed by atoms with van der Waals surface area (Å²) >= 11 is 0. The van der Waals surface area contributed by atoms with Crippen molar-refractivity contribution in [3.8, 4) is 0 Å². The molecule has 2 heteroatoms. The molecular weight excluding hydrogens is 270 g/mol. The Kier molecular flexibility index (Phi) is 18.4. The van der Waals surface area contributed by atoms with E-state index in [1.54, 1.807) is 0 Å². The molecule has 0 saturated carbocycles. The topological polar surface area (TPSA) is 35.2 Å². The fraction of sp³-hybridized carbons (Fsp3) is 0.900. The Hall–Kier alpha value is -0.340. The molecule has 0 amide bonds. The first kappa shape index (κ1) is 21.7. The Morgan fingerprint density at radius 2 is 1.50 bits per heavy atom. The van der Waals surface area contributed by atoms with Crippen molar-refractivity contribution in [3.63, 3.8) is 0 Å². The number of unbranched alkanes of at least 4 members (excludes halogenated alkanes) is 10. The molecule has 0 aromatic rings. The van der Waals surface area contributed by atoms with Gasteiger partial charge in [-0.2, -0.15) is 0 Å². The van der Waals surface area contributed by atoms with Crippen LogP contribution in [0.4, 0.5) is 0 Å². The van der Waals surface area contributed by atoms with E-state index in [-0.39, 0.29) is 0 Å². The van der Waals surface area contributed by atoms with Crippen molar-refractivity contribution in [3.05, 3.63) is 12.2 Å². The van der Waals surface area contributed by atoms with Gasteiger partial charge in [-0.25, -0.2) is 0 Å². The average Bonchev–Trinajstić information content (AvgIpc) is 2.52. The molecule has 0 aromatic carbocycles. The maximum Gasteiger partial charge on any atom is 0.0940 e. The highest BCUT2D eigenvalue weighted by atomic mass is 16.5. The second-order valence-electron chi connectivity index (χ2n) is 6.59. The number of hydrogen-bond acceptors (Lipinski definition) is 2. The van der Waals surface area contributed by atoms with E-state index in [1.807, 2.05) is 0 Å². The van der Waals surface area contributed by atoms with Crippen LogP contribution in [0, 0.1) is 5.92 Å². The van der Waals surface area contributed by atoms with Crippen LogP contribution in [0.1, 0.15) is 97.3 Å². The molecule has 132 valence electrons. The lowest BCUT2D eigenvalue weighted by atomic mass is 10.0. The van der Waals surface area contributed by atoms with Gasteiger partial charge in [0.15, 0.2) is 0 Å². The third-order valence-electron chi connectivity index (χ3n) is 4.25. The Morgan fingerprint density at radius 3 is 2.23 bits per heavy atom. The zero-order valence-electron chi connectivity index (χ0n) is 15.3. The molecule has 0 aliphatic heterocycles. The largest absolute Gasteiger partial charge is 0.367 e. The van der Waals surface area contributed by atoms with Gasteiger partial charge in [-0.3, -0.25) is 0 Å². The zero-order valence-corrected chi connectivity index (χ0v) is 15.3. The van der Waals surface area contributed by atoms with Crippen LogP contribution in [0.25, 0.3) is 0 Å². The van der Waals surface area contributed by atoms with Crippen molar-refractivity contribution in [1.82, 2.24) is 0 Å². The molecule has 2 nitrogen and oxygen atoms in total. The summed E-state index contributed by atoms with van der Waals surface area (Å²) in [6.07, 6.45) is 22.4. The van der Waals surface area contributed by atoms with E-state index in [9.17, 15) is 0 Å². The van der Waals surface area contributed by atoms with Crippen LogP contribution < -0.4 is 5.73 Å². The molecule has 1 atom stereocenters. The van der Waals surface area contributed by atoms with Gasteiger partial charge in [-0.1, -0.05) is 83.8 Å². The van der Waals surface area contributed by atoms with Crippen LogP contribution in [0.3, 0.4) is 0 Å². The van der Waals surface area contributed by atoms with E-state index in [0.29, 0.717) is 6.73 Å². The summed E-state index contributed by atoms with van der Waals surface area (Å²) in [5, 5.41) is 0. The maximum absolute atomic E-state index is 5.28. The number of allylic oxidation sites excluding steroid dienone is 2. The van der Waals surface area contributed by atoms with E-state index in [2.05, 4.69) is 26.0 Å². The molecule has 0 spiro atoms. The van der Waals surface area contributed by atoms with E-state index < -0.39 is 0 Å². The summed E-state index contributed by atoms with van der Waals surface area (Å²) in [5.74, 6) is 0.741. The van der Waals surface area contributed by atoms with Crippen LogP contribution >= 0.6 is 0 Å². The second-order valence-corrected chi connectivity index (χ2v) is 6.59. The van der Waals surface area contributed by atoms with Crippen molar-refractivity contribution >= 4 is 0 Å². The summed E-state index contributed by atoms with van der Waals surface area (Å²) in [7, 11) is 0. The lowest BCUT2D eigenvalue weighted by Gasteiger charge is -2.06. The molecule has 0 bridgehead atoms. The fourth-order valence-electron chi connectivity index (χ4n) is 2.75. The lowest BCUT2D eigenvalue weighted by molar-refractivity contribution is 0.136. The highest BCUT2D eigenvalue weighted by Crippen LogP contribution is 2.13. The predicted octanol–water partition coefficient (Wildman–Crippen LogP) is 6.20. The van der Waals surface area contributed by atoms with Gasteiger partial charge in [-0.15, -0.1) is 0 Å². The first-order chi connectivity index (χ1) is 10.8. The molecule has 0 radical (unpaired) electrons. The standard InChI is InChI=1S/C20H41NO/c1-3-4-5-6-7-8-9-10-13-16-20(2)17-14-11-12-15-18-22-19-21/h13,16,20H,3-12,14-15,17-19,21H2,1-2H3/b16-13+. The van der Waals surface area contributed by atoms with Crippen LogP contribution in [0.2, 0.25) is 0 Å². The van der Waals surface area contributed by atoms with Gasteiger partial charge >= 0.3 is 0 Å². The third kappa shape index (κ3) is 17.7. The Balaban J connectivity index is 3.24. The minimum atomic E-state index is 0.362. The summed E-state index contributed by atoms with van der Waals surface area (Å²) in [6.45, 7) is 5.81. The molecule has 0 fully saturated rings.